The van der Waals surface area contributed by atoms with Crippen LogP contribution >= 0.6 is 0 Å². The van der Waals surface area contributed by atoms with Crippen LogP contribution in [0.25, 0.3) is 10.9 Å². The highest BCUT2D eigenvalue weighted by molar-refractivity contribution is 7.87. The number of hydrogen-bond donors (Lipinski definition) is 2. The number of benzene rings is 1. The van der Waals surface area contributed by atoms with Crippen molar-refractivity contribution in [2.24, 2.45) is 0 Å². The Labute approximate surface area is 123 Å². The van der Waals surface area contributed by atoms with Gasteiger partial charge in [-0.15, -0.1) is 0 Å². The predicted octanol–water partition coefficient (Wildman–Crippen LogP) is 1.56. The maximum absolute atomic E-state index is 13.4. The summed E-state index contributed by atoms with van der Waals surface area (Å²) < 4.78 is 41.1. The number of hydrogen-bond acceptors (Lipinski definition) is 2. The third-order valence-electron chi connectivity index (χ3n) is 3.95. The monoisotopic (exact) mass is 311 g/mol. The van der Waals surface area contributed by atoms with Crippen molar-refractivity contribution < 1.29 is 12.8 Å². The standard InChI is InChI=1S/C14H18FN3O2S/c1-18(2)21(19,20)17-10-4-6-14-12(8-10)11-7-9(15)3-5-13(11)16-14/h3,5,7,10,16-17H,4,6,8H2,1-2H3. The van der Waals surface area contributed by atoms with Gasteiger partial charge in [0.15, 0.2) is 0 Å². The van der Waals surface area contributed by atoms with E-state index in [0.29, 0.717) is 6.42 Å². The molecular weight excluding hydrogens is 293 g/mol. The normalized spacial score (nSPS) is 19.1. The Kier molecular flexibility index (Phi) is 3.51. The van der Waals surface area contributed by atoms with Crippen LogP contribution in [0.5, 0.6) is 0 Å². The quantitative estimate of drug-likeness (QED) is 0.903. The van der Waals surface area contributed by atoms with Crippen LogP contribution in [-0.4, -0.2) is 37.8 Å². The molecule has 0 bridgehead atoms. The molecule has 0 spiro atoms. The molecule has 0 fully saturated rings. The van der Waals surface area contributed by atoms with Gasteiger partial charge in [-0.25, -0.2) is 4.39 Å². The number of aromatic nitrogens is 1. The van der Waals surface area contributed by atoms with Crippen molar-refractivity contribution >= 4 is 21.1 Å². The van der Waals surface area contributed by atoms with Gasteiger partial charge in [0.25, 0.3) is 10.2 Å². The van der Waals surface area contributed by atoms with E-state index >= 15 is 0 Å². The van der Waals surface area contributed by atoms with Crippen LogP contribution in [-0.2, 0) is 23.1 Å². The zero-order valence-electron chi connectivity index (χ0n) is 12.0. The molecule has 114 valence electrons. The average Bonchev–Trinajstić information content (AvgIpc) is 2.76. The Hall–Kier alpha value is -1.44. The SMILES string of the molecule is CN(C)S(=O)(=O)NC1CCc2[nH]c3ccc(F)cc3c2C1. The molecule has 0 radical (unpaired) electrons. The van der Waals surface area contributed by atoms with Crippen LogP contribution < -0.4 is 4.72 Å². The number of rotatable bonds is 3. The zero-order valence-corrected chi connectivity index (χ0v) is 12.8. The van der Waals surface area contributed by atoms with Gasteiger partial charge < -0.3 is 4.98 Å². The molecule has 3 rings (SSSR count). The molecule has 1 heterocycles. The van der Waals surface area contributed by atoms with E-state index in [1.807, 2.05) is 0 Å². The molecule has 0 amide bonds. The summed E-state index contributed by atoms with van der Waals surface area (Å²) >= 11 is 0. The third kappa shape index (κ3) is 2.68. The van der Waals surface area contributed by atoms with Crippen molar-refractivity contribution in [3.8, 4) is 0 Å². The maximum Gasteiger partial charge on any atom is 0.279 e. The number of halogens is 1. The highest BCUT2D eigenvalue weighted by Gasteiger charge is 2.26. The zero-order chi connectivity index (χ0) is 15.2. The second kappa shape index (κ2) is 5.08. The summed E-state index contributed by atoms with van der Waals surface area (Å²) in [5.41, 5.74) is 3.00. The first-order chi connectivity index (χ1) is 9.87. The Balaban J connectivity index is 1.91. The van der Waals surface area contributed by atoms with E-state index < -0.39 is 10.2 Å². The molecule has 2 N–H and O–H groups in total. The molecule has 2 aromatic rings. The molecule has 1 unspecified atom stereocenters. The molecule has 0 saturated heterocycles. The molecular formula is C14H18FN3O2S. The van der Waals surface area contributed by atoms with Crippen molar-refractivity contribution in [1.82, 2.24) is 14.0 Å². The minimum absolute atomic E-state index is 0.160. The molecule has 1 aliphatic rings. The maximum atomic E-state index is 13.4. The van der Waals surface area contributed by atoms with E-state index in [2.05, 4.69) is 9.71 Å². The van der Waals surface area contributed by atoms with E-state index in [1.54, 1.807) is 6.07 Å². The van der Waals surface area contributed by atoms with Gasteiger partial charge >= 0.3 is 0 Å². The fraction of sp³-hybridized carbons (Fsp3) is 0.429. The summed E-state index contributed by atoms with van der Waals surface area (Å²) in [6, 6.07) is 4.50. The lowest BCUT2D eigenvalue weighted by Gasteiger charge is -2.25. The number of nitrogens with zero attached hydrogens (tertiary/aromatic N) is 1. The molecule has 21 heavy (non-hydrogen) atoms. The van der Waals surface area contributed by atoms with Gasteiger partial charge in [-0.05, 0) is 43.0 Å². The fourth-order valence-corrected chi connectivity index (χ4v) is 3.64. The number of aromatic amines is 1. The Bertz CT molecular complexity index is 783. The molecule has 1 aromatic carbocycles. The summed E-state index contributed by atoms with van der Waals surface area (Å²) in [6.45, 7) is 0. The van der Waals surface area contributed by atoms with E-state index in [4.69, 9.17) is 0 Å². The van der Waals surface area contributed by atoms with E-state index in [1.165, 1.54) is 26.2 Å². The van der Waals surface area contributed by atoms with Crippen LogP contribution in [0.2, 0.25) is 0 Å². The van der Waals surface area contributed by atoms with Gasteiger partial charge in [0.2, 0.25) is 0 Å². The summed E-state index contributed by atoms with van der Waals surface area (Å²) in [5.74, 6) is -0.278. The van der Waals surface area contributed by atoms with Gasteiger partial charge in [0.05, 0.1) is 0 Å². The smallest absolute Gasteiger partial charge is 0.279 e. The molecule has 1 aliphatic carbocycles. The molecule has 0 saturated carbocycles. The van der Waals surface area contributed by atoms with E-state index in [-0.39, 0.29) is 11.9 Å². The molecule has 7 heteroatoms. The highest BCUT2D eigenvalue weighted by atomic mass is 32.2. The van der Waals surface area contributed by atoms with Crippen molar-refractivity contribution in [2.45, 2.75) is 25.3 Å². The number of H-pyrrole nitrogens is 1. The van der Waals surface area contributed by atoms with Crippen LogP contribution in [0.3, 0.4) is 0 Å². The average molecular weight is 311 g/mol. The van der Waals surface area contributed by atoms with Crippen LogP contribution in [0.4, 0.5) is 4.39 Å². The largest absolute Gasteiger partial charge is 0.358 e. The highest BCUT2D eigenvalue weighted by Crippen LogP contribution is 2.30. The number of aryl methyl sites for hydroxylation is 1. The third-order valence-corrected chi connectivity index (χ3v) is 5.54. The topological polar surface area (TPSA) is 65.2 Å². The van der Waals surface area contributed by atoms with Gasteiger partial charge in [0, 0.05) is 36.7 Å². The molecule has 1 atom stereocenters. The van der Waals surface area contributed by atoms with Crippen molar-refractivity contribution in [3.63, 3.8) is 0 Å². The fourth-order valence-electron chi connectivity index (χ4n) is 2.81. The minimum atomic E-state index is -3.45. The first-order valence-electron chi connectivity index (χ1n) is 6.85. The first-order valence-corrected chi connectivity index (χ1v) is 8.29. The van der Waals surface area contributed by atoms with Crippen molar-refractivity contribution in [3.05, 3.63) is 35.3 Å². The van der Waals surface area contributed by atoms with Crippen LogP contribution in [0.1, 0.15) is 17.7 Å². The van der Waals surface area contributed by atoms with Crippen molar-refractivity contribution in [1.29, 1.82) is 0 Å². The number of nitrogens with one attached hydrogen (secondary N) is 2. The lowest BCUT2D eigenvalue weighted by molar-refractivity contribution is 0.465. The predicted molar refractivity (Wildman–Crippen MR) is 79.8 cm³/mol. The lowest BCUT2D eigenvalue weighted by Crippen LogP contribution is -2.44. The second-order valence-electron chi connectivity index (χ2n) is 5.62. The van der Waals surface area contributed by atoms with Gasteiger partial charge in [0.1, 0.15) is 5.82 Å². The minimum Gasteiger partial charge on any atom is -0.358 e. The Morgan fingerprint density at radius 1 is 1.38 bits per heavy atom. The summed E-state index contributed by atoms with van der Waals surface area (Å²) in [7, 11) is -0.450. The van der Waals surface area contributed by atoms with Crippen LogP contribution in [0, 0.1) is 5.82 Å². The second-order valence-corrected chi connectivity index (χ2v) is 7.53. The summed E-state index contributed by atoms with van der Waals surface area (Å²) in [6.07, 6.45) is 2.06. The first kappa shape index (κ1) is 14.5. The Morgan fingerprint density at radius 2 is 2.14 bits per heavy atom. The van der Waals surface area contributed by atoms with Crippen molar-refractivity contribution in [2.75, 3.05) is 14.1 Å². The van der Waals surface area contributed by atoms with E-state index in [9.17, 15) is 12.8 Å². The Morgan fingerprint density at radius 3 is 2.86 bits per heavy atom. The molecule has 5 nitrogen and oxygen atoms in total. The molecule has 1 aromatic heterocycles. The van der Waals surface area contributed by atoms with E-state index in [0.717, 1.165) is 39.3 Å². The van der Waals surface area contributed by atoms with Gasteiger partial charge in [-0.2, -0.15) is 17.4 Å². The van der Waals surface area contributed by atoms with Crippen LogP contribution in [0.15, 0.2) is 18.2 Å². The van der Waals surface area contributed by atoms with Gasteiger partial charge in [-0.1, -0.05) is 0 Å². The number of fused-ring (bicyclic) bond motifs is 3. The van der Waals surface area contributed by atoms with Gasteiger partial charge in [-0.3, -0.25) is 0 Å². The lowest BCUT2D eigenvalue weighted by atomic mass is 9.92. The summed E-state index contributed by atoms with van der Waals surface area (Å²) in [5, 5.41) is 0.846. The summed E-state index contributed by atoms with van der Waals surface area (Å²) in [4.78, 5) is 3.30. The molecule has 0 aliphatic heterocycles.